The summed E-state index contributed by atoms with van der Waals surface area (Å²) in [7, 11) is 0. The lowest BCUT2D eigenvalue weighted by Crippen LogP contribution is -2.38. The predicted molar refractivity (Wildman–Crippen MR) is 61.4 cm³/mol. The first-order valence-electron chi connectivity index (χ1n) is 5.10. The first kappa shape index (κ1) is 13.2. The molecule has 0 heterocycles. The van der Waals surface area contributed by atoms with E-state index in [1.165, 1.54) is 0 Å². The van der Waals surface area contributed by atoms with Gasteiger partial charge in [-0.05, 0) is 17.9 Å². The summed E-state index contributed by atoms with van der Waals surface area (Å²) >= 11 is 0. The van der Waals surface area contributed by atoms with Crippen molar-refractivity contribution in [1.29, 1.82) is 5.41 Å². The van der Waals surface area contributed by atoms with Gasteiger partial charge in [-0.25, -0.2) is 0 Å². The van der Waals surface area contributed by atoms with Crippen LogP contribution in [0.1, 0.15) is 27.7 Å². The van der Waals surface area contributed by atoms with Gasteiger partial charge in [-0.1, -0.05) is 27.7 Å². The molecule has 0 aromatic rings. The highest BCUT2D eigenvalue weighted by Crippen LogP contribution is 2.10. The third-order valence-electron chi connectivity index (χ3n) is 1.79. The number of hydrogen-bond donors (Lipinski definition) is 4. The van der Waals surface area contributed by atoms with Crippen molar-refractivity contribution < 1.29 is 0 Å². The largest absolute Gasteiger partial charge is 0.370 e. The fourth-order valence-corrected chi connectivity index (χ4v) is 1.05. The molecule has 0 bridgehead atoms. The monoisotopic (exact) mass is 200 g/mol. The molecule has 0 aliphatic heterocycles. The third kappa shape index (κ3) is 9.32. The maximum absolute atomic E-state index is 7.01. The predicted octanol–water partition coefficient (Wildman–Crippen LogP) is 0.741. The summed E-state index contributed by atoms with van der Waals surface area (Å²) in [4.78, 5) is 0. The fourth-order valence-electron chi connectivity index (χ4n) is 1.05. The van der Waals surface area contributed by atoms with E-state index in [2.05, 4.69) is 38.3 Å². The number of rotatable bonds is 5. The molecule has 0 radical (unpaired) electrons. The summed E-state index contributed by atoms with van der Waals surface area (Å²) in [5, 5.41) is 13.2. The summed E-state index contributed by atoms with van der Waals surface area (Å²) in [6.07, 6.45) is 0. The van der Waals surface area contributed by atoms with E-state index in [1.54, 1.807) is 0 Å². The minimum Gasteiger partial charge on any atom is -0.370 e. The van der Waals surface area contributed by atoms with E-state index in [1.807, 2.05) is 0 Å². The van der Waals surface area contributed by atoms with E-state index in [9.17, 15) is 0 Å². The van der Waals surface area contributed by atoms with Crippen molar-refractivity contribution in [2.24, 2.45) is 17.1 Å². The molecule has 5 N–H and O–H groups in total. The molecule has 0 saturated carbocycles. The molecule has 0 amide bonds. The van der Waals surface area contributed by atoms with Gasteiger partial charge < -0.3 is 16.4 Å². The van der Waals surface area contributed by atoms with Crippen LogP contribution < -0.4 is 16.4 Å². The number of hydrogen-bond acceptors (Lipinski definition) is 2. The van der Waals surface area contributed by atoms with Crippen LogP contribution in [0.4, 0.5) is 0 Å². The second-order valence-electron chi connectivity index (χ2n) is 5.09. The van der Waals surface area contributed by atoms with E-state index < -0.39 is 0 Å². The Kier molecular flexibility index (Phi) is 5.53. The van der Waals surface area contributed by atoms with Gasteiger partial charge in [-0.2, -0.15) is 0 Å². The zero-order chi connectivity index (χ0) is 11.2. The smallest absolute Gasteiger partial charge is 0.185 e. The summed E-state index contributed by atoms with van der Waals surface area (Å²) in [6.45, 7) is 11.5. The number of nitrogens with two attached hydrogens (primary N) is 1. The summed E-state index contributed by atoms with van der Waals surface area (Å²) in [5.74, 6) is 0.536. The van der Waals surface area contributed by atoms with Gasteiger partial charge in [0.05, 0.1) is 0 Å². The van der Waals surface area contributed by atoms with Gasteiger partial charge in [0.25, 0.3) is 0 Å². The second-order valence-corrected chi connectivity index (χ2v) is 5.09. The Morgan fingerprint density at radius 2 is 1.93 bits per heavy atom. The Balaban J connectivity index is 3.45. The molecule has 0 aromatic heterocycles. The van der Waals surface area contributed by atoms with Gasteiger partial charge >= 0.3 is 0 Å². The van der Waals surface area contributed by atoms with E-state index in [0.29, 0.717) is 11.3 Å². The van der Waals surface area contributed by atoms with Gasteiger partial charge in [-0.3, -0.25) is 5.41 Å². The zero-order valence-electron chi connectivity index (χ0n) is 9.78. The molecule has 14 heavy (non-hydrogen) atoms. The molecular weight excluding hydrogens is 176 g/mol. The molecule has 4 heteroatoms. The van der Waals surface area contributed by atoms with Crippen LogP contribution in [0, 0.1) is 16.7 Å². The molecule has 0 fully saturated rings. The van der Waals surface area contributed by atoms with Gasteiger partial charge in [0, 0.05) is 13.1 Å². The lowest BCUT2D eigenvalue weighted by Gasteiger charge is -2.21. The molecular formula is C10H24N4. The van der Waals surface area contributed by atoms with Crippen LogP contribution >= 0.6 is 0 Å². The summed E-state index contributed by atoms with van der Waals surface area (Å²) < 4.78 is 0. The second kappa shape index (κ2) is 5.86. The van der Waals surface area contributed by atoms with Gasteiger partial charge in [0.2, 0.25) is 0 Å². The molecule has 0 unspecified atom stereocenters. The molecule has 0 aliphatic carbocycles. The maximum atomic E-state index is 7.01. The van der Waals surface area contributed by atoms with Crippen molar-refractivity contribution in [2.75, 3.05) is 19.6 Å². The van der Waals surface area contributed by atoms with E-state index >= 15 is 0 Å². The fraction of sp³-hybridized carbons (Fsp3) is 0.900. The van der Waals surface area contributed by atoms with Crippen LogP contribution in [-0.4, -0.2) is 25.6 Å². The van der Waals surface area contributed by atoms with Crippen molar-refractivity contribution in [3.05, 3.63) is 0 Å². The highest BCUT2D eigenvalue weighted by atomic mass is 15.0. The molecule has 4 nitrogen and oxygen atoms in total. The first-order valence-corrected chi connectivity index (χ1v) is 5.10. The lowest BCUT2D eigenvalue weighted by atomic mass is 9.97. The highest BCUT2D eigenvalue weighted by molar-refractivity contribution is 5.74. The van der Waals surface area contributed by atoms with E-state index in [4.69, 9.17) is 11.1 Å². The first-order chi connectivity index (χ1) is 6.31. The van der Waals surface area contributed by atoms with Crippen molar-refractivity contribution in [3.8, 4) is 0 Å². The quantitative estimate of drug-likeness (QED) is 0.391. The Morgan fingerprint density at radius 3 is 2.36 bits per heavy atom. The minimum atomic E-state index is 0.0488. The van der Waals surface area contributed by atoms with Crippen LogP contribution in [0.2, 0.25) is 0 Å². The maximum Gasteiger partial charge on any atom is 0.185 e. The Bertz CT molecular complexity index is 171. The van der Waals surface area contributed by atoms with Gasteiger partial charge in [0.1, 0.15) is 0 Å². The molecule has 1 atom stereocenters. The lowest BCUT2D eigenvalue weighted by molar-refractivity contribution is 0.363. The average molecular weight is 200 g/mol. The molecule has 0 aliphatic rings. The minimum absolute atomic E-state index is 0.0488. The van der Waals surface area contributed by atoms with Crippen molar-refractivity contribution in [2.45, 2.75) is 27.7 Å². The Labute approximate surface area is 87.1 Å². The third-order valence-corrected chi connectivity index (χ3v) is 1.79. The van der Waals surface area contributed by atoms with Crippen molar-refractivity contribution in [3.63, 3.8) is 0 Å². The molecule has 0 saturated heterocycles. The van der Waals surface area contributed by atoms with Crippen LogP contribution in [0.25, 0.3) is 0 Å². The SMILES string of the molecule is C[C@@H](CNCC(C)(C)C)CNC(=N)N. The standard InChI is InChI=1S/C10H24N4/c1-8(6-14-9(11)12)5-13-7-10(2,3)4/h8,13H,5-7H2,1-4H3,(H4,11,12,14)/t8-/m0/s1. The topological polar surface area (TPSA) is 73.9 Å². The van der Waals surface area contributed by atoms with Crippen LogP contribution in [0.15, 0.2) is 0 Å². The van der Waals surface area contributed by atoms with Crippen molar-refractivity contribution in [1.82, 2.24) is 10.6 Å². The van der Waals surface area contributed by atoms with Crippen LogP contribution in [0.3, 0.4) is 0 Å². The van der Waals surface area contributed by atoms with E-state index in [0.717, 1.165) is 19.6 Å². The number of nitrogens with one attached hydrogen (secondary N) is 3. The molecule has 0 rings (SSSR count). The van der Waals surface area contributed by atoms with Crippen LogP contribution in [0.5, 0.6) is 0 Å². The summed E-state index contributed by atoms with van der Waals surface area (Å²) in [5.41, 5.74) is 5.52. The van der Waals surface area contributed by atoms with Crippen LogP contribution in [-0.2, 0) is 0 Å². The van der Waals surface area contributed by atoms with Gasteiger partial charge in [0.15, 0.2) is 5.96 Å². The molecule has 0 aromatic carbocycles. The van der Waals surface area contributed by atoms with Gasteiger partial charge in [-0.15, -0.1) is 0 Å². The van der Waals surface area contributed by atoms with Crippen molar-refractivity contribution >= 4 is 5.96 Å². The number of guanidine groups is 1. The normalized spacial score (nSPS) is 13.7. The average Bonchev–Trinajstić information content (AvgIpc) is 1.98. The Morgan fingerprint density at radius 1 is 1.36 bits per heavy atom. The zero-order valence-corrected chi connectivity index (χ0v) is 9.78. The molecule has 0 spiro atoms. The summed E-state index contributed by atoms with van der Waals surface area (Å²) in [6, 6.07) is 0. The van der Waals surface area contributed by atoms with E-state index in [-0.39, 0.29) is 5.96 Å². The molecule has 84 valence electrons. The highest BCUT2D eigenvalue weighted by Gasteiger charge is 2.10. The Hall–Kier alpha value is -0.770.